The molecule has 2 aromatic rings. The maximum absolute atomic E-state index is 10.0. The minimum absolute atomic E-state index is 0.459. The van der Waals surface area contributed by atoms with Crippen LogP contribution in [0, 0.1) is 13.8 Å². The van der Waals surface area contributed by atoms with Crippen molar-refractivity contribution >= 4 is 0 Å². The second-order valence-corrected chi connectivity index (χ2v) is 5.14. The molecule has 1 nitrogen and oxygen atoms in total. The second kappa shape index (κ2) is 5.92. The molecule has 100 valence electrons. The second-order valence-electron chi connectivity index (χ2n) is 5.14. The molecule has 19 heavy (non-hydrogen) atoms. The first-order chi connectivity index (χ1) is 9.13. The van der Waals surface area contributed by atoms with Crippen LogP contribution < -0.4 is 0 Å². The number of rotatable bonds is 4. The molecule has 0 heterocycles. The van der Waals surface area contributed by atoms with Gasteiger partial charge in [0.1, 0.15) is 5.75 Å². The van der Waals surface area contributed by atoms with Gasteiger partial charge in [0.2, 0.25) is 0 Å². The number of benzene rings is 2. The number of aryl methyl sites for hydroxylation is 3. The van der Waals surface area contributed by atoms with Crippen LogP contribution in [0.5, 0.6) is 5.75 Å². The average molecular weight is 254 g/mol. The van der Waals surface area contributed by atoms with Crippen LogP contribution in [0.2, 0.25) is 0 Å². The third-order valence-corrected chi connectivity index (χ3v) is 3.84. The first-order valence-electron chi connectivity index (χ1n) is 6.98. The van der Waals surface area contributed by atoms with Crippen LogP contribution in [0.15, 0.2) is 36.4 Å². The highest BCUT2D eigenvalue weighted by Gasteiger charge is 2.11. The van der Waals surface area contributed by atoms with Crippen molar-refractivity contribution < 1.29 is 5.11 Å². The highest BCUT2D eigenvalue weighted by Crippen LogP contribution is 2.29. The molecule has 0 spiro atoms. The summed E-state index contributed by atoms with van der Waals surface area (Å²) in [6.07, 6.45) is 3.07. The monoisotopic (exact) mass is 254 g/mol. The standard InChI is InChI=1S/C18H22O/c1-4-17-14(3)18(19)13(2)12-16(17)11-10-15-8-6-5-7-9-15/h5-9,12,19H,4,10-11H2,1-3H3. The number of hydrogen-bond acceptors (Lipinski definition) is 1. The van der Waals surface area contributed by atoms with E-state index in [-0.39, 0.29) is 0 Å². The fourth-order valence-electron chi connectivity index (χ4n) is 2.74. The Morgan fingerprint density at radius 1 is 1.00 bits per heavy atom. The molecule has 0 aliphatic rings. The Kier molecular flexibility index (Phi) is 4.26. The SMILES string of the molecule is CCc1c(CCc2ccccc2)cc(C)c(O)c1C. The van der Waals surface area contributed by atoms with Crippen molar-refractivity contribution in [1.29, 1.82) is 0 Å². The Labute approximate surface area is 115 Å². The van der Waals surface area contributed by atoms with Gasteiger partial charge in [-0.15, -0.1) is 0 Å². The average Bonchev–Trinajstić information content (AvgIpc) is 2.44. The molecular formula is C18H22O. The summed E-state index contributed by atoms with van der Waals surface area (Å²) in [5.74, 6) is 0.459. The Balaban J connectivity index is 2.25. The fourth-order valence-corrected chi connectivity index (χ4v) is 2.74. The number of aromatic hydroxyl groups is 1. The van der Waals surface area contributed by atoms with Gasteiger partial charge in [0.05, 0.1) is 0 Å². The third kappa shape index (κ3) is 2.98. The van der Waals surface area contributed by atoms with Gasteiger partial charge in [-0.05, 0) is 60.9 Å². The predicted molar refractivity (Wildman–Crippen MR) is 80.8 cm³/mol. The molecule has 0 radical (unpaired) electrons. The van der Waals surface area contributed by atoms with E-state index >= 15 is 0 Å². The minimum Gasteiger partial charge on any atom is -0.507 e. The predicted octanol–water partition coefficient (Wildman–Crippen LogP) is 4.36. The number of phenolic OH excluding ortho intramolecular Hbond substituents is 1. The zero-order valence-electron chi connectivity index (χ0n) is 12.0. The maximum Gasteiger partial charge on any atom is 0.121 e. The van der Waals surface area contributed by atoms with Gasteiger partial charge < -0.3 is 5.11 Å². The van der Waals surface area contributed by atoms with Crippen molar-refractivity contribution in [1.82, 2.24) is 0 Å². The van der Waals surface area contributed by atoms with Crippen LogP contribution in [0.1, 0.15) is 34.7 Å². The lowest BCUT2D eigenvalue weighted by atomic mass is 9.92. The van der Waals surface area contributed by atoms with Gasteiger partial charge in [-0.1, -0.05) is 43.3 Å². The van der Waals surface area contributed by atoms with E-state index in [9.17, 15) is 5.11 Å². The molecule has 2 rings (SSSR count). The molecule has 1 N–H and O–H groups in total. The van der Waals surface area contributed by atoms with Crippen LogP contribution in [0.4, 0.5) is 0 Å². The number of phenols is 1. The van der Waals surface area contributed by atoms with Crippen molar-refractivity contribution in [3.63, 3.8) is 0 Å². The largest absolute Gasteiger partial charge is 0.507 e. The van der Waals surface area contributed by atoms with Crippen molar-refractivity contribution in [3.05, 3.63) is 64.2 Å². The van der Waals surface area contributed by atoms with E-state index in [0.717, 1.165) is 30.4 Å². The molecule has 0 aromatic heterocycles. The molecule has 0 bridgehead atoms. The Hall–Kier alpha value is -1.76. The quantitative estimate of drug-likeness (QED) is 0.859. The van der Waals surface area contributed by atoms with E-state index in [2.05, 4.69) is 43.3 Å². The van der Waals surface area contributed by atoms with E-state index in [1.807, 2.05) is 13.8 Å². The summed E-state index contributed by atoms with van der Waals surface area (Å²) < 4.78 is 0. The Morgan fingerprint density at radius 2 is 1.68 bits per heavy atom. The van der Waals surface area contributed by atoms with Gasteiger partial charge in [0.25, 0.3) is 0 Å². The molecule has 0 amide bonds. The lowest BCUT2D eigenvalue weighted by molar-refractivity contribution is 0.465. The molecule has 0 aliphatic heterocycles. The summed E-state index contributed by atoms with van der Waals surface area (Å²) >= 11 is 0. The zero-order chi connectivity index (χ0) is 13.8. The molecular weight excluding hydrogens is 232 g/mol. The highest BCUT2D eigenvalue weighted by atomic mass is 16.3. The van der Waals surface area contributed by atoms with E-state index < -0.39 is 0 Å². The van der Waals surface area contributed by atoms with Crippen LogP contribution in [-0.2, 0) is 19.3 Å². The third-order valence-electron chi connectivity index (χ3n) is 3.84. The molecule has 0 atom stereocenters. The molecule has 0 saturated carbocycles. The maximum atomic E-state index is 10.0. The van der Waals surface area contributed by atoms with Crippen LogP contribution in [0.25, 0.3) is 0 Å². The van der Waals surface area contributed by atoms with Crippen LogP contribution in [-0.4, -0.2) is 5.11 Å². The van der Waals surface area contributed by atoms with E-state index in [0.29, 0.717) is 5.75 Å². The smallest absolute Gasteiger partial charge is 0.121 e. The molecule has 0 fully saturated rings. The Bertz CT molecular complexity index is 556. The van der Waals surface area contributed by atoms with Crippen LogP contribution in [0.3, 0.4) is 0 Å². The molecule has 0 saturated heterocycles. The summed E-state index contributed by atoms with van der Waals surface area (Å²) in [6, 6.07) is 12.7. The van der Waals surface area contributed by atoms with E-state index in [4.69, 9.17) is 0 Å². The number of hydrogen-bond donors (Lipinski definition) is 1. The Morgan fingerprint density at radius 3 is 2.32 bits per heavy atom. The summed E-state index contributed by atoms with van der Waals surface area (Å²) in [5.41, 5.74) is 6.08. The van der Waals surface area contributed by atoms with Crippen molar-refractivity contribution in [3.8, 4) is 5.75 Å². The summed E-state index contributed by atoms with van der Waals surface area (Å²) in [7, 11) is 0. The first-order valence-corrected chi connectivity index (χ1v) is 6.98. The van der Waals surface area contributed by atoms with E-state index in [1.165, 1.54) is 16.7 Å². The topological polar surface area (TPSA) is 20.2 Å². The van der Waals surface area contributed by atoms with Crippen molar-refractivity contribution in [2.24, 2.45) is 0 Å². The van der Waals surface area contributed by atoms with Gasteiger partial charge >= 0.3 is 0 Å². The van der Waals surface area contributed by atoms with Crippen LogP contribution >= 0.6 is 0 Å². The minimum atomic E-state index is 0.459. The summed E-state index contributed by atoms with van der Waals surface area (Å²) in [5, 5.41) is 10.0. The lowest BCUT2D eigenvalue weighted by Gasteiger charge is -2.15. The van der Waals surface area contributed by atoms with Gasteiger partial charge in [-0.2, -0.15) is 0 Å². The van der Waals surface area contributed by atoms with Gasteiger partial charge in [0, 0.05) is 0 Å². The first kappa shape index (κ1) is 13.7. The van der Waals surface area contributed by atoms with Gasteiger partial charge in [-0.25, -0.2) is 0 Å². The fraction of sp³-hybridized carbons (Fsp3) is 0.333. The van der Waals surface area contributed by atoms with Gasteiger partial charge in [-0.3, -0.25) is 0 Å². The summed E-state index contributed by atoms with van der Waals surface area (Å²) in [6.45, 7) is 6.16. The van der Waals surface area contributed by atoms with Crippen molar-refractivity contribution in [2.45, 2.75) is 40.0 Å². The zero-order valence-corrected chi connectivity index (χ0v) is 12.0. The molecule has 0 unspecified atom stereocenters. The van der Waals surface area contributed by atoms with Crippen molar-refractivity contribution in [2.75, 3.05) is 0 Å². The molecule has 2 aromatic carbocycles. The molecule has 0 aliphatic carbocycles. The van der Waals surface area contributed by atoms with E-state index in [1.54, 1.807) is 0 Å². The highest BCUT2D eigenvalue weighted by molar-refractivity contribution is 5.49. The molecule has 1 heteroatoms. The van der Waals surface area contributed by atoms with Gasteiger partial charge in [0.15, 0.2) is 0 Å². The summed E-state index contributed by atoms with van der Waals surface area (Å²) in [4.78, 5) is 0. The lowest BCUT2D eigenvalue weighted by Crippen LogP contribution is -2.00. The normalized spacial score (nSPS) is 10.7.